The van der Waals surface area contributed by atoms with Gasteiger partial charge in [-0.25, -0.2) is 13.8 Å². The Bertz CT molecular complexity index is 1020. The molecule has 2 atom stereocenters. The summed E-state index contributed by atoms with van der Waals surface area (Å²) >= 11 is 0. The zero-order chi connectivity index (χ0) is 20.3. The van der Waals surface area contributed by atoms with E-state index < -0.39 is 11.6 Å². The normalized spacial score (nSPS) is 32.1. The molecule has 2 aromatic carbocycles. The number of halogens is 2. The van der Waals surface area contributed by atoms with Crippen LogP contribution in [0.3, 0.4) is 0 Å². The van der Waals surface area contributed by atoms with E-state index in [0.717, 1.165) is 56.6 Å². The summed E-state index contributed by atoms with van der Waals surface area (Å²) in [5.41, 5.74) is 2.85. The van der Waals surface area contributed by atoms with Gasteiger partial charge in [-0.3, -0.25) is 4.90 Å². The molecule has 5 aliphatic heterocycles. The average Bonchev–Trinajstić information content (AvgIpc) is 3.19. The minimum Gasteiger partial charge on any atom is -0.455 e. The summed E-state index contributed by atoms with van der Waals surface area (Å²) in [6, 6.07) is 12.9. The molecule has 7 rings (SSSR count). The third-order valence-corrected chi connectivity index (χ3v) is 7.39. The summed E-state index contributed by atoms with van der Waals surface area (Å²) in [5.74, 6) is -1.10. The van der Waals surface area contributed by atoms with Gasteiger partial charge in [-0.05, 0) is 61.2 Å². The lowest BCUT2D eigenvalue weighted by Gasteiger charge is -2.50. The number of ether oxygens (including phenoxy) is 1. The quantitative estimate of drug-likeness (QED) is 0.718. The molecule has 0 aliphatic carbocycles. The molecule has 2 bridgehead atoms. The van der Waals surface area contributed by atoms with Crippen molar-refractivity contribution in [3.63, 3.8) is 0 Å². The Labute approximate surface area is 175 Å². The van der Waals surface area contributed by atoms with Crippen LogP contribution in [0.4, 0.5) is 8.78 Å². The van der Waals surface area contributed by atoms with Crippen molar-refractivity contribution < 1.29 is 13.5 Å². The summed E-state index contributed by atoms with van der Waals surface area (Å²) in [4.78, 5) is 9.51. The van der Waals surface area contributed by atoms with E-state index in [2.05, 4.69) is 21.9 Å². The highest BCUT2D eigenvalue weighted by Crippen LogP contribution is 2.43. The molecule has 30 heavy (non-hydrogen) atoms. The third-order valence-electron chi connectivity index (χ3n) is 7.39. The van der Waals surface area contributed by atoms with Gasteiger partial charge in [0.05, 0.1) is 12.6 Å². The van der Waals surface area contributed by atoms with Crippen molar-refractivity contribution in [1.82, 2.24) is 9.80 Å². The van der Waals surface area contributed by atoms with E-state index in [9.17, 15) is 8.78 Å². The second-order valence-corrected chi connectivity index (χ2v) is 9.03. The number of hydrogen-bond acceptors (Lipinski definition) is 4. The Balaban J connectivity index is 1.37. The fourth-order valence-electron chi connectivity index (χ4n) is 5.83. The minimum atomic E-state index is -0.824. The van der Waals surface area contributed by atoms with Gasteiger partial charge in [0, 0.05) is 19.0 Å². The number of fused-ring (bicyclic) bond motifs is 3. The van der Waals surface area contributed by atoms with Crippen LogP contribution in [0.25, 0.3) is 0 Å². The average molecular weight is 409 g/mol. The Morgan fingerprint density at radius 1 is 1.00 bits per heavy atom. The number of nitrogens with zero attached hydrogens (tertiary/aromatic N) is 3. The minimum absolute atomic E-state index is 0.221. The van der Waals surface area contributed by atoms with Crippen molar-refractivity contribution in [2.45, 2.75) is 30.9 Å². The first-order chi connectivity index (χ1) is 14.6. The molecule has 0 N–H and O–H groups in total. The topological polar surface area (TPSA) is 28.1 Å². The Morgan fingerprint density at radius 3 is 2.60 bits per heavy atom. The fourth-order valence-corrected chi connectivity index (χ4v) is 5.83. The summed E-state index contributed by atoms with van der Waals surface area (Å²) in [5, 5.41) is 0. The van der Waals surface area contributed by atoms with E-state index in [1.807, 2.05) is 12.1 Å². The highest BCUT2D eigenvalue weighted by Gasteiger charge is 2.53. The fraction of sp³-hybridized carbons (Fsp3) is 0.458. The molecular formula is C24H25F2N3O. The molecule has 1 spiro atoms. The third kappa shape index (κ3) is 2.77. The van der Waals surface area contributed by atoms with Gasteiger partial charge in [0.15, 0.2) is 11.6 Å². The van der Waals surface area contributed by atoms with Crippen LogP contribution >= 0.6 is 0 Å². The molecule has 6 heteroatoms. The van der Waals surface area contributed by atoms with E-state index in [1.54, 1.807) is 6.07 Å². The van der Waals surface area contributed by atoms with Crippen LogP contribution in [-0.4, -0.2) is 54.1 Å². The predicted molar refractivity (Wildman–Crippen MR) is 110 cm³/mol. The van der Waals surface area contributed by atoms with Gasteiger partial charge < -0.3 is 9.64 Å². The molecule has 5 heterocycles. The monoisotopic (exact) mass is 409 g/mol. The standard InChI is InChI=1S/C24H25F2N3O/c25-20-6-5-17(13-21(20)26)22-19-4-2-1-3-16(19)7-12-29(22)23-27-14-24(30-23)15-28-10-8-18(24)9-11-28/h1-6,13,18,22H,7-12,14-15H2/t22-,24-/m0/s1. The smallest absolute Gasteiger partial charge is 0.288 e. The first-order valence-electron chi connectivity index (χ1n) is 10.9. The first-order valence-corrected chi connectivity index (χ1v) is 10.9. The molecule has 0 aromatic heterocycles. The number of piperidine rings is 3. The number of rotatable bonds is 1. The Morgan fingerprint density at radius 2 is 1.83 bits per heavy atom. The lowest BCUT2D eigenvalue weighted by molar-refractivity contribution is -0.0895. The van der Waals surface area contributed by atoms with Gasteiger partial charge in [0.25, 0.3) is 6.02 Å². The maximum absolute atomic E-state index is 14.1. The summed E-state index contributed by atoms with van der Waals surface area (Å²) in [7, 11) is 0. The zero-order valence-electron chi connectivity index (χ0n) is 16.9. The molecule has 0 saturated carbocycles. The molecular weight excluding hydrogens is 384 g/mol. The van der Waals surface area contributed by atoms with Crippen molar-refractivity contribution >= 4 is 6.02 Å². The Hall–Kier alpha value is -2.47. The highest BCUT2D eigenvalue weighted by atomic mass is 19.2. The van der Waals surface area contributed by atoms with E-state index in [1.165, 1.54) is 17.7 Å². The zero-order valence-corrected chi connectivity index (χ0v) is 16.9. The van der Waals surface area contributed by atoms with Gasteiger partial charge >= 0.3 is 0 Å². The van der Waals surface area contributed by atoms with Gasteiger partial charge in [0.2, 0.25) is 0 Å². The van der Waals surface area contributed by atoms with E-state index in [-0.39, 0.29) is 11.6 Å². The van der Waals surface area contributed by atoms with Crippen LogP contribution in [0.1, 0.15) is 35.6 Å². The van der Waals surface area contributed by atoms with Crippen LogP contribution in [0.5, 0.6) is 0 Å². The van der Waals surface area contributed by atoms with Crippen molar-refractivity contribution in [2.24, 2.45) is 10.9 Å². The molecule has 156 valence electrons. The van der Waals surface area contributed by atoms with Gasteiger partial charge in [-0.15, -0.1) is 0 Å². The molecule has 0 unspecified atom stereocenters. The second kappa shape index (κ2) is 6.77. The van der Waals surface area contributed by atoms with Crippen LogP contribution in [0, 0.1) is 17.6 Å². The van der Waals surface area contributed by atoms with Gasteiger partial charge in [0.1, 0.15) is 5.60 Å². The maximum Gasteiger partial charge on any atom is 0.288 e. The summed E-state index contributed by atoms with van der Waals surface area (Å²) < 4.78 is 34.4. The molecule has 4 nitrogen and oxygen atoms in total. The summed E-state index contributed by atoms with van der Waals surface area (Å²) in [6.07, 6.45) is 3.21. The number of hydrogen-bond donors (Lipinski definition) is 0. The van der Waals surface area contributed by atoms with Crippen LogP contribution < -0.4 is 0 Å². The SMILES string of the molecule is Fc1ccc([C@H]2c3ccccc3CCN2C2=NC[C@@]3(CN4CCC3CC4)O2)cc1F. The summed E-state index contributed by atoms with van der Waals surface area (Å²) in [6.45, 7) is 4.67. The molecule has 3 saturated heterocycles. The van der Waals surface area contributed by atoms with Crippen LogP contribution in [-0.2, 0) is 11.2 Å². The van der Waals surface area contributed by atoms with Crippen molar-refractivity contribution in [1.29, 1.82) is 0 Å². The van der Waals surface area contributed by atoms with E-state index >= 15 is 0 Å². The number of aliphatic imine (C=N–C) groups is 1. The van der Waals surface area contributed by atoms with Crippen molar-refractivity contribution in [3.05, 3.63) is 70.8 Å². The lowest BCUT2D eigenvalue weighted by atomic mass is 9.75. The van der Waals surface area contributed by atoms with Crippen LogP contribution in [0.2, 0.25) is 0 Å². The largest absolute Gasteiger partial charge is 0.455 e. The molecule has 3 fully saturated rings. The maximum atomic E-state index is 14.1. The van der Waals surface area contributed by atoms with Crippen molar-refractivity contribution in [2.75, 3.05) is 32.7 Å². The highest BCUT2D eigenvalue weighted by molar-refractivity contribution is 5.78. The second-order valence-electron chi connectivity index (χ2n) is 9.03. The van der Waals surface area contributed by atoms with Crippen molar-refractivity contribution in [3.8, 4) is 0 Å². The van der Waals surface area contributed by atoms with Crippen LogP contribution in [0.15, 0.2) is 47.5 Å². The molecule has 5 aliphatic rings. The first kappa shape index (κ1) is 18.3. The van der Waals surface area contributed by atoms with E-state index in [4.69, 9.17) is 9.73 Å². The molecule has 0 radical (unpaired) electrons. The lowest BCUT2D eigenvalue weighted by Crippen LogP contribution is -2.61. The molecule has 2 aromatic rings. The Kier molecular flexibility index (Phi) is 4.13. The number of benzene rings is 2. The molecule has 0 amide bonds. The predicted octanol–water partition coefficient (Wildman–Crippen LogP) is 3.76. The van der Waals surface area contributed by atoms with Gasteiger partial charge in [-0.1, -0.05) is 30.3 Å². The number of amidine groups is 1. The van der Waals surface area contributed by atoms with Gasteiger partial charge in [-0.2, -0.15) is 0 Å². The van der Waals surface area contributed by atoms with E-state index in [0.29, 0.717) is 18.5 Å².